The number of aliphatic hydroxyl groups excluding tert-OH is 1. The molecule has 1 saturated heterocycles. The van der Waals surface area contributed by atoms with Crippen molar-refractivity contribution in [1.29, 1.82) is 0 Å². The molecule has 0 aromatic heterocycles. The van der Waals surface area contributed by atoms with Gasteiger partial charge in [-0.1, -0.05) is 0 Å². The lowest BCUT2D eigenvalue weighted by Gasteiger charge is -2.08. The van der Waals surface area contributed by atoms with Crippen molar-refractivity contribution >= 4 is 6.41 Å². The van der Waals surface area contributed by atoms with Gasteiger partial charge in [0.1, 0.15) is 6.10 Å². The molecule has 0 bridgehead atoms. The molecule has 0 aromatic rings. The lowest BCUT2D eigenvalue weighted by Crippen LogP contribution is -2.25. The predicted molar refractivity (Wildman–Crippen MR) is 34.4 cm³/mol. The number of amides is 1. The third-order valence-electron chi connectivity index (χ3n) is 1.72. The van der Waals surface area contributed by atoms with E-state index in [1.807, 2.05) is 0 Å². The number of carbonyl (C=O) groups is 1. The standard InChI is InChI=1S/C6H11NO3/c1-10-6-3-7(4-8)2-5(6)9/h4-6,9H,2-3H2,1H3/t5-,6-/m1/s1. The maximum absolute atomic E-state index is 10.2. The molecular weight excluding hydrogens is 134 g/mol. The van der Waals surface area contributed by atoms with E-state index in [0.717, 1.165) is 6.41 Å². The number of rotatable bonds is 2. The molecule has 0 aliphatic carbocycles. The van der Waals surface area contributed by atoms with E-state index in [9.17, 15) is 4.79 Å². The summed E-state index contributed by atoms with van der Waals surface area (Å²) in [7, 11) is 1.53. The van der Waals surface area contributed by atoms with Crippen LogP contribution in [0.2, 0.25) is 0 Å². The number of nitrogens with zero attached hydrogens (tertiary/aromatic N) is 1. The van der Waals surface area contributed by atoms with Gasteiger partial charge in [0.25, 0.3) is 0 Å². The second kappa shape index (κ2) is 2.98. The van der Waals surface area contributed by atoms with Gasteiger partial charge in [-0.15, -0.1) is 0 Å². The van der Waals surface area contributed by atoms with E-state index in [1.165, 1.54) is 12.0 Å². The Morgan fingerprint density at radius 1 is 1.70 bits per heavy atom. The van der Waals surface area contributed by atoms with Gasteiger partial charge < -0.3 is 14.7 Å². The second-order valence-corrected chi connectivity index (χ2v) is 2.40. The van der Waals surface area contributed by atoms with E-state index in [1.54, 1.807) is 0 Å². The minimum Gasteiger partial charge on any atom is -0.388 e. The smallest absolute Gasteiger partial charge is 0.209 e. The first-order chi connectivity index (χ1) is 4.77. The van der Waals surface area contributed by atoms with Crippen LogP contribution in [0.25, 0.3) is 0 Å². The van der Waals surface area contributed by atoms with Crippen LogP contribution in [0.1, 0.15) is 0 Å². The van der Waals surface area contributed by atoms with Crippen LogP contribution in [0.15, 0.2) is 0 Å². The van der Waals surface area contributed by atoms with Crippen molar-refractivity contribution in [1.82, 2.24) is 4.90 Å². The van der Waals surface area contributed by atoms with Gasteiger partial charge in [0, 0.05) is 20.2 Å². The number of hydrogen-bond donors (Lipinski definition) is 1. The first-order valence-electron chi connectivity index (χ1n) is 3.18. The zero-order valence-electron chi connectivity index (χ0n) is 5.86. The van der Waals surface area contributed by atoms with Gasteiger partial charge in [-0.25, -0.2) is 0 Å². The Kier molecular flexibility index (Phi) is 2.24. The van der Waals surface area contributed by atoms with Crippen LogP contribution in [-0.4, -0.2) is 48.8 Å². The molecule has 0 unspecified atom stereocenters. The molecule has 1 rings (SSSR count). The number of hydrogen-bond acceptors (Lipinski definition) is 3. The maximum atomic E-state index is 10.2. The first-order valence-corrected chi connectivity index (χ1v) is 3.18. The third-order valence-corrected chi connectivity index (χ3v) is 1.72. The van der Waals surface area contributed by atoms with Crippen molar-refractivity contribution in [3.05, 3.63) is 0 Å². The Balaban J connectivity index is 2.43. The van der Waals surface area contributed by atoms with Crippen molar-refractivity contribution in [2.75, 3.05) is 20.2 Å². The van der Waals surface area contributed by atoms with E-state index in [-0.39, 0.29) is 6.10 Å². The second-order valence-electron chi connectivity index (χ2n) is 2.40. The molecule has 0 spiro atoms. The van der Waals surface area contributed by atoms with Crippen molar-refractivity contribution in [3.63, 3.8) is 0 Å². The lowest BCUT2D eigenvalue weighted by atomic mass is 10.3. The minimum atomic E-state index is -0.518. The average molecular weight is 145 g/mol. The highest BCUT2D eigenvalue weighted by Crippen LogP contribution is 2.09. The number of aliphatic hydroxyl groups is 1. The Morgan fingerprint density at radius 2 is 2.40 bits per heavy atom. The Morgan fingerprint density at radius 3 is 2.70 bits per heavy atom. The fraction of sp³-hybridized carbons (Fsp3) is 0.833. The number of likely N-dealkylation sites (tertiary alicyclic amines) is 1. The molecular formula is C6H11NO3. The topological polar surface area (TPSA) is 49.8 Å². The summed E-state index contributed by atoms with van der Waals surface area (Å²) in [5, 5.41) is 9.16. The third kappa shape index (κ3) is 1.27. The summed E-state index contributed by atoms with van der Waals surface area (Å²) in [6.45, 7) is 0.892. The van der Waals surface area contributed by atoms with Gasteiger partial charge in [-0.2, -0.15) is 0 Å². The van der Waals surface area contributed by atoms with E-state index in [0.29, 0.717) is 13.1 Å². The van der Waals surface area contributed by atoms with Gasteiger partial charge >= 0.3 is 0 Å². The van der Waals surface area contributed by atoms with Gasteiger partial charge in [-0.3, -0.25) is 4.79 Å². The molecule has 1 heterocycles. The molecule has 4 nitrogen and oxygen atoms in total. The van der Waals surface area contributed by atoms with Crippen LogP contribution in [0.4, 0.5) is 0 Å². The molecule has 58 valence electrons. The van der Waals surface area contributed by atoms with Crippen molar-refractivity contribution < 1.29 is 14.6 Å². The molecule has 1 aliphatic rings. The number of carbonyl (C=O) groups excluding carboxylic acids is 1. The van der Waals surface area contributed by atoms with Crippen molar-refractivity contribution in [3.8, 4) is 0 Å². The summed E-state index contributed by atoms with van der Waals surface area (Å²) in [6.07, 6.45) is 0.00259. The summed E-state index contributed by atoms with van der Waals surface area (Å²) in [5.41, 5.74) is 0. The molecule has 4 heteroatoms. The fourth-order valence-corrected chi connectivity index (χ4v) is 1.10. The summed E-state index contributed by atoms with van der Waals surface area (Å²) in [5.74, 6) is 0. The zero-order valence-corrected chi connectivity index (χ0v) is 5.86. The Labute approximate surface area is 59.4 Å². The molecule has 0 radical (unpaired) electrons. The summed E-state index contributed by atoms with van der Waals surface area (Å²) in [4.78, 5) is 11.7. The fourth-order valence-electron chi connectivity index (χ4n) is 1.10. The highest BCUT2D eigenvalue weighted by atomic mass is 16.5. The average Bonchev–Trinajstić information content (AvgIpc) is 2.30. The maximum Gasteiger partial charge on any atom is 0.209 e. The van der Waals surface area contributed by atoms with Gasteiger partial charge in [0.05, 0.1) is 6.10 Å². The SMILES string of the molecule is CO[C@@H]1CN(C=O)C[C@H]1O. The molecule has 0 saturated carbocycles. The molecule has 2 atom stereocenters. The number of ether oxygens (including phenoxy) is 1. The van der Waals surface area contributed by atoms with Crippen molar-refractivity contribution in [2.24, 2.45) is 0 Å². The van der Waals surface area contributed by atoms with Gasteiger partial charge in [0.2, 0.25) is 6.41 Å². The quantitative estimate of drug-likeness (QED) is 0.498. The monoisotopic (exact) mass is 145 g/mol. The normalized spacial score (nSPS) is 32.8. The molecule has 1 N–H and O–H groups in total. The van der Waals surface area contributed by atoms with Crippen LogP contribution in [0.3, 0.4) is 0 Å². The molecule has 1 amide bonds. The lowest BCUT2D eigenvalue weighted by molar-refractivity contribution is -0.117. The van der Waals surface area contributed by atoms with Crippen molar-refractivity contribution in [2.45, 2.75) is 12.2 Å². The highest BCUT2D eigenvalue weighted by molar-refractivity contribution is 5.48. The van der Waals surface area contributed by atoms with Crippen LogP contribution in [-0.2, 0) is 9.53 Å². The Bertz CT molecular complexity index is 128. The van der Waals surface area contributed by atoms with E-state index < -0.39 is 6.10 Å². The minimum absolute atomic E-state index is 0.204. The first kappa shape index (κ1) is 7.50. The molecule has 10 heavy (non-hydrogen) atoms. The molecule has 0 aromatic carbocycles. The zero-order chi connectivity index (χ0) is 7.56. The van der Waals surface area contributed by atoms with Crippen LogP contribution < -0.4 is 0 Å². The summed E-state index contributed by atoms with van der Waals surface area (Å²) in [6, 6.07) is 0. The number of methoxy groups -OCH3 is 1. The van der Waals surface area contributed by atoms with Crippen LogP contribution in [0.5, 0.6) is 0 Å². The Hall–Kier alpha value is -0.610. The molecule has 1 fully saturated rings. The van der Waals surface area contributed by atoms with Crippen LogP contribution in [0, 0.1) is 0 Å². The largest absolute Gasteiger partial charge is 0.388 e. The van der Waals surface area contributed by atoms with Crippen LogP contribution >= 0.6 is 0 Å². The van der Waals surface area contributed by atoms with E-state index >= 15 is 0 Å². The van der Waals surface area contributed by atoms with Gasteiger partial charge in [-0.05, 0) is 0 Å². The van der Waals surface area contributed by atoms with Gasteiger partial charge in [0.15, 0.2) is 0 Å². The van der Waals surface area contributed by atoms with E-state index in [4.69, 9.17) is 9.84 Å². The number of β-amino-alcohol motifs (C(OH)–C–C–N with tert-alkyl or cyclic N) is 1. The summed E-state index contributed by atoms with van der Waals surface area (Å²) >= 11 is 0. The molecule has 1 aliphatic heterocycles. The highest BCUT2D eigenvalue weighted by Gasteiger charge is 2.29. The predicted octanol–water partition coefficient (Wildman–Crippen LogP) is -1.17. The summed E-state index contributed by atoms with van der Waals surface area (Å²) < 4.78 is 4.90. The van der Waals surface area contributed by atoms with E-state index in [2.05, 4.69) is 0 Å².